The van der Waals surface area contributed by atoms with Crippen molar-refractivity contribution in [1.82, 2.24) is 9.78 Å². The molecular weight excluding hydrogens is 332 g/mol. The lowest BCUT2D eigenvalue weighted by Gasteiger charge is -2.15. The van der Waals surface area contributed by atoms with Crippen molar-refractivity contribution < 1.29 is 18.3 Å². The summed E-state index contributed by atoms with van der Waals surface area (Å²) in [5, 5.41) is 6.94. The maximum absolute atomic E-state index is 12.4. The van der Waals surface area contributed by atoms with Crippen LogP contribution in [0.15, 0.2) is 35.1 Å². The zero-order chi connectivity index (χ0) is 18.0. The molecule has 0 spiro atoms. The number of nitrogens with zero attached hydrogens (tertiary/aromatic N) is 2. The van der Waals surface area contributed by atoms with Crippen molar-refractivity contribution in [1.29, 1.82) is 0 Å². The average Bonchev–Trinajstić information content (AvgIpc) is 3.01. The van der Waals surface area contributed by atoms with Crippen LogP contribution < -0.4 is 15.6 Å². The van der Waals surface area contributed by atoms with Gasteiger partial charge < -0.3 is 10.1 Å². The summed E-state index contributed by atoms with van der Waals surface area (Å²) < 4.78 is 29.7. The quantitative estimate of drug-likeness (QED) is 0.900. The first kappa shape index (κ1) is 17.1. The number of ether oxygens (including phenoxy) is 1. The van der Waals surface area contributed by atoms with Crippen LogP contribution in [-0.4, -0.2) is 22.3 Å². The molecule has 1 aliphatic carbocycles. The number of halogens is 2. The fourth-order valence-electron chi connectivity index (χ4n) is 2.77. The molecule has 0 fully saturated rings. The molecule has 1 N–H and O–H groups in total. The normalized spacial score (nSPS) is 14.2. The van der Waals surface area contributed by atoms with E-state index in [4.69, 9.17) is 0 Å². The van der Waals surface area contributed by atoms with Gasteiger partial charge in [-0.05, 0) is 56.0 Å². The zero-order valence-corrected chi connectivity index (χ0v) is 13.5. The molecule has 0 saturated carbocycles. The summed E-state index contributed by atoms with van der Waals surface area (Å²) in [6.45, 7) is -1.32. The summed E-state index contributed by atoms with van der Waals surface area (Å²) >= 11 is 0. The largest absolute Gasteiger partial charge is 0.435 e. The maximum Gasteiger partial charge on any atom is 0.387 e. The highest BCUT2D eigenvalue weighted by Gasteiger charge is 2.21. The summed E-state index contributed by atoms with van der Waals surface area (Å²) in [4.78, 5) is 24.5. The van der Waals surface area contributed by atoms with E-state index in [1.807, 2.05) is 0 Å². The molecule has 1 amide bonds. The molecule has 1 aromatic carbocycles. The number of carbonyl (C=O) groups excluding carboxylic acids is 1. The number of hydrogen-bond acceptors (Lipinski definition) is 4. The maximum atomic E-state index is 12.4. The summed E-state index contributed by atoms with van der Waals surface area (Å²) in [6, 6.07) is 6.28. The number of amides is 1. The number of aromatic nitrogens is 2. The van der Waals surface area contributed by atoms with E-state index in [1.54, 1.807) is 6.92 Å². The van der Waals surface area contributed by atoms with Crippen molar-refractivity contribution in [2.75, 3.05) is 5.32 Å². The Balaban J connectivity index is 1.72. The molecule has 1 unspecified atom stereocenters. The highest BCUT2D eigenvalue weighted by Crippen LogP contribution is 2.20. The second-order valence-corrected chi connectivity index (χ2v) is 5.82. The van der Waals surface area contributed by atoms with E-state index in [0.29, 0.717) is 5.69 Å². The Morgan fingerprint density at radius 2 is 2.00 bits per heavy atom. The van der Waals surface area contributed by atoms with Crippen LogP contribution in [0, 0.1) is 0 Å². The monoisotopic (exact) mass is 349 g/mol. The Hall–Kier alpha value is -2.77. The van der Waals surface area contributed by atoms with Crippen LogP contribution in [0.4, 0.5) is 14.5 Å². The van der Waals surface area contributed by atoms with Gasteiger partial charge in [0.15, 0.2) is 0 Å². The van der Waals surface area contributed by atoms with Gasteiger partial charge in [0.1, 0.15) is 11.8 Å². The van der Waals surface area contributed by atoms with E-state index in [0.717, 1.165) is 30.5 Å². The topological polar surface area (TPSA) is 73.2 Å². The second-order valence-electron chi connectivity index (χ2n) is 5.82. The van der Waals surface area contributed by atoms with E-state index >= 15 is 0 Å². The van der Waals surface area contributed by atoms with Crippen LogP contribution in [0.2, 0.25) is 0 Å². The summed E-state index contributed by atoms with van der Waals surface area (Å²) in [5.74, 6) is -0.423. The summed E-state index contributed by atoms with van der Waals surface area (Å²) in [6.07, 6.45) is 2.60. The minimum absolute atomic E-state index is 0.00226. The fraction of sp³-hybridized carbons (Fsp3) is 0.353. The Labute approximate surface area is 142 Å². The fourth-order valence-corrected chi connectivity index (χ4v) is 2.77. The lowest BCUT2D eigenvalue weighted by molar-refractivity contribution is -0.119. The molecule has 0 aliphatic heterocycles. The number of aryl methyl sites for hydroxylation is 2. The Morgan fingerprint density at radius 1 is 1.28 bits per heavy atom. The van der Waals surface area contributed by atoms with Crippen LogP contribution in [0.1, 0.15) is 30.6 Å². The molecule has 3 rings (SSSR count). The molecule has 1 atom stereocenters. The molecule has 2 aromatic rings. The molecule has 25 heavy (non-hydrogen) atoms. The zero-order valence-electron chi connectivity index (χ0n) is 13.5. The third kappa shape index (κ3) is 3.84. The van der Waals surface area contributed by atoms with E-state index in [1.165, 1.54) is 35.0 Å². The van der Waals surface area contributed by atoms with Crippen molar-refractivity contribution >= 4 is 11.6 Å². The van der Waals surface area contributed by atoms with Crippen LogP contribution in [0.3, 0.4) is 0 Å². The summed E-state index contributed by atoms with van der Waals surface area (Å²) in [7, 11) is 0. The average molecular weight is 349 g/mol. The van der Waals surface area contributed by atoms with E-state index < -0.39 is 18.6 Å². The smallest absolute Gasteiger partial charge is 0.387 e. The number of alkyl halides is 2. The number of benzene rings is 1. The standard InChI is InChI=1S/C17H17F2N3O3/c1-10(22-15(23)9-11-3-2-4-14(11)21-22)16(24)20-12-5-7-13(8-6-12)25-17(18)19/h5-10,17H,2-4H2,1H3,(H,20,24). The van der Waals surface area contributed by atoms with Crippen LogP contribution in [-0.2, 0) is 17.6 Å². The predicted molar refractivity (Wildman–Crippen MR) is 86.9 cm³/mol. The van der Waals surface area contributed by atoms with Gasteiger partial charge in [-0.15, -0.1) is 0 Å². The van der Waals surface area contributed by atoms with Crippen molar-refractivity contribution in [2.24, 2.45) is 0 Å². The first-order chi connectivity index (χ1) is 11.9. The van der Waals surface area contributed by atoms with Gasteiger partial charge in [0.25, 0.3) is 5.56 Å². The highest BCUT2D eigenvalue weighted by molar-refractivity contribution is 5.93. The van der Waals surface area contributed by atoms with Gasteiger partial charge in [-0.25, -0.2) is 4.68 Å². The molecule has 1 aliphatic rings. The SMILES string of the molecule is CC(C(=O)Nc1ccc(OC(F)F)cc1)n1nc2c(cc1=O)CCC2. The molecule has 1 heterocycles. The number of anilines is 1. The molecule has 6 nitrogen and oxygen atoms in total. The Bertz CT molecular complexity index is 834. The van der Waals surface area contributed by atoms with Crippen molar-refractivity contribution in [3.05, 3.63) is 51.9 Å². The van der Waals surface area contributed by atoms with Gasteiger partial charge >= 0.3 is 6.61 Å². The molecule has 0 saturated heterocycles. The number of nitrogens with one attached hydrogen (secondary N) is 1. The molecule has 0 radical (unpaired) electrons. The Morgan fingerprint density at radius 3 is 2.68 bits per heavy atom. The number of hydrogen-bond donors (Lipinski definition) is 1. The molecular formula is C17H17F2N3O3. The van der Waals surface area contributed by atoms with Crippen molar-refractivity contribution in [3.63, 3.8) is 0 Å². The number of carbonyl (C=O) groups is 1. The number of fused-ring (bicyclic) bond motifs is 1. The van der Waals surface area contributed by atoms with Crippen molar-refractivity contribution in [3.8, 4) is 5.75 Å². The van der Waals surface area contributed by atoms with E-state index in [2.05, 4.69) is 15.2 Å². The van der Waals surface area contributed by atoms with Crippen molar-refractivity contribution in [2.45, 2.75) is 38.8 Å². The summed E-state index contributed by atoms with van der Waals surface area (Å²) in [5.41, 5.74) is 1.90. The predicted octanol–water partition coefficient (Wildman–Crippen LogP) is 2.53. The highest BCUT2D eigenvalue weighted by atomic mass is 19.3. The van der Waals surface area contributed by atoms with Gasteiger partial charge in [0, 0.05) is 11.8 Å². The third-order valence-electron chi connectivity index (χ3n) is 4.08. The van der Waals surface area contributed by atoms with Gasteiger partial charge in [0.05, 0.1) is 5.69 Å². The molecule has 132 valence electrons. The van der Waals surface area contributed by atoms with Crippen LogP contribution >= 0.6 is 0 Å². The molecule has 1 aromatic heterocycles. The van der Waals surface area contributed by atoms with Gasteiger partial charge in [0.2, 0.25) is 5.91 Å². The minimum Gasteiger partial charge on any atom is -0.435 e. The minimum atomic E-state index is -2.90. The lowest BCUT2D eigenvalue weighted by Crippen LogP contribution is -2.33. The first-order valence-electron chi connectivity index (χ1n) is 7.91. The lowest BCUT2D eigenvalue weighted by atomic mass is 10.2. The van der Waals surface area contributed by atoms with Gasteiger partial charge in [-0.3, -0.25) is 9.59 Å². The van der Waals surface area contributed by atoms with E-state index in [9.17, 15) is 18.4 Å². The number of rotatable bonds is 5. The molecule has 0 bridgehead atoms. The second kappa shape index (κ2) is 7.00. The van der Waals surface area contributed by atoms with Gasteiger partial charge in [-0.1, -0.05) is 0 Å². The third-order valence-corrected chi connectivity index (χ3v) is 4.08. The first-order valence-corrected chi connectivity index (χ1v) is 7.91. The van der Waals surface area contributed by atoms with E-state index in [-0.39, 0.29) is 11.3 Å². The Kier molecular flexibility index (Phi) is 4.78. The van der Waals surface area contributed by atoms with Gasteiger partial charge in [-0.2, -0.15) is 13.9 Å². The van der Waals surface area contributed by atoms with Crippen LogP contribution in [0.25, 0.3) is 0 Å². The molecule has 8 heteroatoms. The van der Waals surface area contributed by atoms with Crippen LogP contribution in [0.5, 0.6) is 5.75 Å².